The second-order valence-electron chi connectivity index (χ2n) is 9.26. The minimum atomic E-state index is -0.924. The first-order chi connectivity index (χ1) is 16.0. The lowest BCUT2D eigenvalue weighted by molar-refractivity contribution is -0.162. The number of aliphatic hydroxyl groups is 1. The van der Waals surface area contributed by atoms with E-state index in [-0.39, 0.29) is 19.1 Å². The maximum Gasteiger partial charge on any atom is 0.337 e. The molecule has 33 heavy (non-hydrogen) atoms. The van der Waals surface area contributed by atoms with Gasteiger partial charge in [0.1, 0.15) is 12.4 Å². The van der Waals surface area contributed by atoms with Crippen molar-refractivity contribution in [3.63, 3.8) is 0 Å². The van der Waals surface area contributed by atoms with Crippen molar-refractivity contribution in [2.24, 2.45) is 5.92 Å². The summed E-state index contributed by atoms with van der Waals surface area (Å²) in [4.78, 5) is 12.6. The molecule has 3 aliphatic carbocycles. The number of hydrogen-bond acceptors (Lipinski definition) is 8. The summed E-state index contributed by atoms with van der Waals surface area (Å²) in [5.41, 5.74) is 0.684. The number of carbonyl (C=O) groups is 1. The van der Waals surface area contributed by atoms with Crippen LogP contribution >= 0.6 is 0 Å². The molecule has 4 atom stereocenters. The summed E-state index contributed by atoms with van der Waals surface area (Å²) in [5.74, 6) is 1.43. The minimum absolute atomic E-state index is 0.152. The standard InChI is InChI=1S/C25H32O8/c1-28-10-11-30-12-13-31-15-20(26)32-19-7-9-25(27)17-4-3-8-24(25)21-16(14-17)5-6-18(29-2)22(21)33-23(19)24/h5-7,17,23,27H,3-4,8-15H2,1-2H3/t17-,23+,24+,25?/m1/s1. The number of benzene rings is 1. The van der Waals surface area contributed by atoms with E-state index in [0.717, 1.165) is 31.2 Å². The van der Waals surface area contributed by atoms with Crippen LogP contribution in [0.3, 0.4) is 0 Å². The Morgan fingerprint density at radius 3 is 2.82 bits per heavy atom. The SMILES string of the molecule is COCCOCCOCC(=O)OC1=CCC2(O)[C@@H]3CCC[C@@]24c2c(ccc(OC)c2O[C@@H]14)C3. The van der Waals surface area contributed by atoms with Gasteiger partial charge in [-0.25, -0.2) is 4.79 Å². The highest BCUT2D eigenvalue weighted by Crippen LogP contribution is 2.67. The van der Waals surface area contributed by atoms with Gasteiger partial charge in [-0.3, -0.25) is 0 Å². The topological polar surface area (TPSA) is 92.7 Å². The molecule has 1 unspecified atom stereocenters. The molecule has 5 rings (SSSR count). The van der Waals surface area contributed by atoms with Gasteiger partial charge in [0.05, 0.1) is 44.6 Å². The smallest absolute Gasteiger partial charge is 0.337 e. The lowest BCUT2D eigenvalue weighted by atomic mass is 9.47. The van der Waals surface area contributed by atoms with Gasteiger partial charge in [-0.2, -0.15) is 0 Å². The van der Waals surface area contributed by atoms with E-state index < -0.39 is 23.1 Å². The van der Waals surface area contributed by atoms with Crippen LogP contribution < -0.4 is 9.47 Å². The van der Waals surface area contributed by atoms with Gasteiger partial charge in [0.2, 0.25) is 0 Å². The Hall–Kier alpha value is -2.13. The predicted molar refractivity (Wildman–Crippen MR) is 117 cm³/mol. The zero-order valence-electron chi connectivity index (χ0n) is 19.3. The highest BCUT2D eigenvalue weighted by molar-refractivity contribution is 5.73. The van der Waals surface area contributed by atoms with Crippen molar-refractivity contribution < 1.29 is 38.3 Å². The molecule has 0 aromatic heterocycles. The monoisotopic (exact) mass is 460 g/mol. The van der Waals surface area contributed by atoms with Crippen molar-refractivity contribution in [3.05, 3.63) is 35.1 Å². The Morgan fingerprint density at radius 2 is 2.00 bits per heavy atom. The van der Waals surface area contributed by atoms with Crippen LogP contribution in [0, 0.1) is 5.92 Å². The molecule has 1 N–H and O–H groups in total. The van der Waals surface area contributed by atoms with Crippen molar-refractivity contribution in [1.82, 2.24) is 0 Å². The first kappa shape index (κ1) is 22.7. The molecule has 8 nitrogen and oxygen atoms in total. The van der Waals surface area contributed by atoms with Gasteiger partial charge < -0.3 is 33.5 Å². The Bertz CT molecular complexity index is 943. The molecule has 0 saturated heterocycles. The van der Waals surface area contributed by atoms with Gasteiger partial charge in [0.15, 0.2) is 17.6 Å². The second-order valence-corrected chi connectivity index (χ2v) is 9.26. The van der Waals surface area contributed by atoms with Crippen molar-refractivity contribution in [2.45, 2.75) is 49.2 Å². The van der Waals surface area contributed by atoms with Crippen molar-refractivity contribution >= 4 is 5.97 Å². The van der Waals surface area contributed by atoms with Crippen LogP contribution in [0.25, 0.3) is 0 Å². The second kappa shape index (κ2) is 8.91. The molecule has 0 amide bonds. The summed E-state index contributed by atoms with van der Waals surface area (Å²) < 4.78 is 33.4. The van der Waals surface area contributed by atoms with E-state index in [1.807, 2.05) is 12.1 Å². The van der Waals surface area contributed by atoms with E-state index in [0.29, 0.717) is 43.5 Å². The summed E-state index contributed by atoms with van der Waals surface area (Å²) >= 11 is 0. The third-order valence-corrected chi connectivity index (χ3v) is 7.72. The molecule has 0 radical (unpaired) electrons. The van der Waals surface area contributed by atoms with E-state index in [1.54, 1.807) is 14.2 Å². The molecule has 1 aromatic carbocycles. The predicted octanol–water partition coefficient (Wildman–Crippen LogP) is 2.29. The molecule has 1 spiro atoms. The molecule has 1 fully saturated rings. The van der Waals surface area contributed by atoms with E-state index in [4.69, 9.17) is 28.4 Å². The number of carbonyl (C=O) groups excluding carboxylic acids is 1. The van der Waals surface area contributed by atoms with Gasteiger partial charge in [-0.15, -0.1) is 0 Å². The average molecular weight is 461 g/mol. The number of esters is 1. The normalized spacial score (nSPS) is 30.8. The van der Waals surface area contributed by atoms with Gasteiger partial charge in [-0.05, 0) is 49.3 Å². The fraction of sp³-hybridized carbons (Fsp3) is 0.640. The molecule has 1 saturated carbocycles. The number of methoxy groups -OCH3 is 2. The number of ether oxygens (including phenoxy) is 6. The summed E-state index contributed by atoms with van der Waals surface area (Å²) in [6.45, 7) is 1.48. The summed E-state index contributed by atoms with van der Waals surface area (Å²) in [6, 6.07) is 4.02. The quantitative estimate of drug-likeness (QED) is 0.420. The first-order valence-corrected chi connectivity index (χ1v) is 11.7. The van der Waals surface area contributed by atoms with E-state index in [2.05, 4.69) is 6.07 Å². The third-order valence-electron chi connectivity index (χ3n) is 7.72. The molecule has 180 valence electrons. The van der Waals surface area contributed by atoms with Crippen LogP contribution in [-0.4, -0.2) is 70.0 Å². The summed E-state index contributed by atoms with van der Waals surface area (Å²) in [7, 11) is 3.23. The largest absolute Gasteiger partial charge is 0.493 e. The Labute approximate surface area is 193 Å². The average Bonchev–Trinajstić information content (AvgIpc) is 3.15. The molecule has 1 aliphatic heterocycles. The molecule has 8 heteroatoms. The van der Waals surface area contributed by atoms with Crippen LogP contribution in [0.5, 0.6) is 11.5 Å². The molecular weight excluding hydrogens is 428 g/mol. The molecular formula is C25H32O8. The highest BCUT2D eigenvalue weighted by atomic mass is 16.6. The van der Waals surface area contributed by atoms with Crippen LogP contribution in [0.15, 0.2) is 24.0 Å². The van der Waals surface area contributed by atoms with Crippen LogP contribution in [0.2, 0.25) is 0 Å². The maximum absolute atomic E-state index is 12.6. The minimum Gasteiger partial charge on any atom is -0.493 e. The highest BCUT2D eigenvalue weighted by Gasteiger charge is 2.70. The van der Waals surface area contributed by atoms with Gasteiger partial charge in [-0.1, -0.05) is 12.5 Å². The fourth-order valence-electron chi connectivity index (χ4n) is 6.36. The van der Waals surface area contributed by atoms with Gasteiger partial charge in [0, 0.05) is 12.7 Å². The van der Waals surface area contributed by atoms with Crippen LogP contribution in [-0.2, 0) is 35.6 Å². The Morgan fingerprint density at radius 1 is 1.18 bits per heavy atom. The van der Waals surface area contributed by atoms with Crippen LogP contribution in [0.1, 0.15) is 36.8 Å². The maximum atomic E-state index is 12.6. The lowest BCUT2D eigenvalue weighted by Crippen LogP contribution is -2.67. The third kappa shape index (κ3) is 3.46. The summed E-state index contributed by atoms with van der Waals surface area (Å²) in [5, 5.41) is 12.0. The van der Waals surface area contributed by atoms with Crippen molar-refractivity contribution in [1.29, 1.82) is 0 Å². The lowest BCUT2D eigenvalue weighted by Gasteiger charge is -2.59. The van der Waals surface area contributed by atoms with Gasteiger partial charge in [0.25, 0.3) is 0 Å². The van der Waals surface area contributed by atoms with Crippen LogP contribution in [0.4, 0.5) is 0 Å². The zero-order chi connectivity index (χ0) is 23.1. The van der Waals surface area contributed by atoms with Crippen molar-refractivity contribution in [3.8, 4) is 11.5 Å². The number of hydrogen-bond donors (Lipinski definition) is 1. The Kier molecular flexibility index (Phi) is 6.11. The molecule has 4 aliphatic rings. The molecule has 1 heterocycles. The van der Waals surface area contributed by atoms with Crippen molar-refractivity contribution in [2.75, 3.05) is 47.3 Å². The van der Waals surface area contributed by atoms with Gasteiger partial charge >= 0.3 is 5.97 Å². The van der Waals surface area contributed by atoms with E-state index in [1.165, 1.54) is 5.56 Å². The van der Waals surface area contributed by atoms with E-state index >= 15 is 0 Å². The zero-order valence-corrected chi connectivity index (χ0v) is 19.3. The summed E-state index contributed by atoms with van der Waals surface area (Å²) in [6.07, 6.45) is 5.28. The Balaban J connectivity index is 1.34. The first-order valence-electron chi connectivity index (χ1n) is 11.7. The fourth-order valence-corrected chi connectivity index (χ4v) is 6.36. The number of rotatable bonds is 10. The molecule has 1 aromatic rings. The van der Waals surface area contributed by atoms with E-state index in [9.17, 15) is 9.90 Å². The molecule has 2 bridgehead atoms.